The van der Waals surface area contributed by atoms with E-state index >= 15 is 0 Å². The van der Waals surface area contributed by atoms with Crippen LogP contribution in [0, 0.1) is 0 Å². The van der Waals surface area contributed by atoms with Gasteiger partial charge in [-0.25, -0.2) is 5.43 Å². The molecule has 1 heterocycles. The Balaban J connectivity index is 1.78. The zero-order valence-electron chi connectivity index (χ0n) is 13.5. The molecule has 0 atom stereocenters. The summed E-state index contributed by atoms with van der Waals surface area (Å²) in [6.45, 7) is 1.87. The minimum Gasteiger partial charge on any atom is -0.508 e. The molecule has 0 aliphatic heterocycles. The lowest BCUT2D eigenvalue weighted by molar-refractivity contribution is 0.0958. The van der Waals surface area contributed by atoms with Crippen LogP contribution in [0.2, 0.25) is 0 Å². The summed E-state index contributed by atoms with van der Waals surface area (Å²) in [7, 11) is 0. The van der Waals surface area contributed by atoms with Crippen molar-refractivity contribution in [3.8, 4) is 11.5 Å². The van der Waals surface area contributed by atoms with Crippen LogP contribution in [0.15, 0.2) is 29.4 Å². The number of phenolic OH excluding ortho intramolecular Hbond substituents is 2. The summed E-state index contributed by atoms with van der Waals surface area (Å²) in [6.07, 6.45) is 4.97. The third kappa shape index (κ3) is 3.43. The molecule has 0 saturated carbocycles. The maximum atomic E-state index is 12.3. The number of carbonyl (C=O) groups excluding carboxylic acids is 1. The van der Waals surface area contributed by atoms with E-state index in [9.17, 15) is 15.0 Å². The highest BCUT2D eigenvalue weighted by Crippen LogP contribution is 2.29. The topological polar surface area (TPSA) is 81.9 Å². The Labute approximate surface area is 144 Å². The van der Waals surface area contributed by atoms with E-state index in [1.807, 2.05) is 13.0 Å². The Kier molecular flexibility index (Phi) is 4.85. The van der Waals surface area contributed by atoms with Gasteiger partial charge in [-0.15, -0.1) is 11.3 Å². The summed E-state index contributed by atoms with van der Waals surface area (Å²) in [4.78, 5) is 14.3. The standard InChI is InChI=1S/C18H20N2O3S/c1-2-14(13-10-12(21)7-8-15(13)22)19-20-18(23)17-9-11-5-3-4-6-16(11)24-17/h7-10,21-22H,2-6H2,1H3,(H,20,23)/b19-14-. The molecule has 24 heavy (non-hydrogen) atoms. The number of aromatic hydroxyl groups is 2. The molecule has 3 rings (SSSR count). The fourth-order valence-electron chi connectivity index (χ4n) is 2.86. The first kappa shape index (κ1) is 16.5. The predicted octanol–water partition coefficient (Wildman–Crippen LogP) is 3.58. The summed E-state index contributed by atoms with van der Waals surface area (Å²) in [5.41, 5.74) is 4.78. The van der Waals surface area contributed by atoms with E-state index in [0.717, 1.165) is 12.8 Å². The SMILES string of the molecule is CC/C(=N/NC(=O)c1cc2c(s1)CCCC2)c1cc(O)ccc1O. The summed E-state index contributed by atoms with van der Waals surface area (Å²) in [5, 5.41) is 23.7. The minimum absolute atomic E-state index is 0.0224. The zero-order valence-corrected chi connectivity index (χ0v) is 14.3. The molecule has 6 heteroatoms. The van der Waals surface area contributed by atoms with Crippen molar-refractivity contribution in [2.45, 2.75) is 39.0 Å². The number of nitrogens with one attached hydrogen (secondary N) is 1. The molecule has 1 aliphatic rings. The van der Waals surface area contributed by atoms with Gasteiger partial charge in [-0.3, -0.25) is 4.79 Å². The Bertz CT molecular complexity index is 772. The molecule has 0 saturated heterocycles. The molecule has 0 fully saturated rings. The van der Waals surface area contributed by atoms with Crippen molar-refractivity contribution in [2.24, 2.45) is 5.10 Å². The lowest BCUT2D eigenvalue weighted by Gasteiger charge is -2.08. The number of thiophene rings is 1. The number of hydrazone groups is 1. The maximum absolute atomic E-state index is 12.3. The van der Waals surface area contributed by atoms with Crippen molar-refractivity contribution in [2.75, 3.05) is 0 Å². The van der Waals surface area contributed by atoms with Crippen molar-refractivity contribution in [1.82, 2.24) is 5.43 Å². The van der Waals surface area contributed by atoms with E-state index in [2.05, 4.69) is 10.5 Å². The second-order valence-electron chi connectivity index (χ2n) is 5.82. The van der Waals surface area contributed by atoms with Gasteiger partial charge < -0.3 is 10.2 Å². The molecule has 1 aromatic heterocycles. The van der Waals surface area contributed by atoms with Gasteiger partial charge in [-0.1, -0.05) is 6.92 Å². The van der Waals surface area contributed by atoms with E-state index in [0.29, 0.717) is 22.6 Å². The molecule has 1 aliphatic carbocycles. The van der Waals surface area contributed by atoms with Gasteiger partial charge >= 0.3 is 0 Å². The van der Waals surface area contributed by atoms with Gasteiger partial charge in [0.25, 0.3) is 5.91 Å². The van der Waals surface area contributed by atoms with Gasteiger partial charge in [0, 0.05) is 10.4 Å². The summed E-state index contributed by atoms with van der Waals surface area (Å²) >= 11 is 1.53. The van der Waals surface area contributed by atoms with E-state index in [-0.39, 0.29) is 17.4 Å². The van der Waals surface area contributed by atoms with Gasteiger partial charge in [-0.2, -0.15) is 5.10 Å². The molecule has 1 aromatic carbocycles. The monoisotopic (exact) mass is 344 g/mol. The number of fused-ring (bicyclic) bond motifs is 1. The van der Waals surface area contributed by atoms with E-state index in [1.54, 1.807) is 0 Å². The van der Waals surface area contributed by atoms with Crippen LogP contribution in [-0.4, -0.2) is 21.8 Å². The Morgan fingerprint density at radius 1 is 1.25 bits per heavy atom. The van der Waals surface area contributed by atoms with Crippen LogP contribution in [0.4, 0.5) is 0 Å². The average Bonchev–Trinajstić information content (AvgIpc) is 3.02. The molecule has 3 N–H and O–H groups in total. The first-order valence-corrected chi connectivity index (χ1v) is 8.91. The minimum atomic E-state index is -0.236. The van der Waals surface area contributed by atoms with Gasteiger partial charge in [0.15, 0.2) is 0 Å². The third-order valence-corrected chi connectivity index (χ3v) is 5.37. The van der Waals surface area contributed by atoms with Crippen LogP contribution in [0.25, 0.3) is 0 Å². The molecule has 0 radical (unpaired) electrons. The Hall–Kier alpha value is -2.34. The molecular weight excluding hydrogens is 324 g/mol. The molecule has 1 amide bonds. The van der Waals surface area contributed by atoms with Crippen LogP contribution < -0.4 is 5.43 Å². The summed E-state index contributed by atoms with van der Waals surface area (Å²) in [5.74, 6) is -0.171. The quantitative estimate of drug-likeness (QED) is 0.450. The molecule has 0 spiro atoms. The Morgan fingerprint density at radius 3 is 2.79 bits per heavy atom. The fraction of sp³-hybridized carbons (Fsp3) is 0.333. The number of amides is 1. The molecule has 126 valence electrons. The molecule has 0 bridgehead atoms. The number of hydrogen-bond acceptors (Lipinski definition) is 5. The van der Waals surface area contributed by atoms with Crippen molar-refractivity contribution in [3.05, 3.63) is 45.1 Å². The highest BCUT2D eigenvalue weighted by molar-refractivity contribution is 7.14. The molecule has 2 aromatic rings. The van der Waals surface area contributed by atoms with Crippen LogP contribution in [0.1, 0.15) is 51.9 Å². The molecule has 5 nitrogen and oxygen atoms in total. The number of hydrogen-bond donors (Lipinski definition) is 3. The highest BCUT2D eigenvalue weighted by Gasteiger charge is 2.17. The number of phenols is 2. The van der Waals surface area contributed by atoms with Crippen molar-refractivity contribution < 1.29 is 15.0 Å². The van der Waals surface area contributed by atoms with E-state index in [4.69, 9.17) is 0 Å². The second kappa shape index (κ2) is 7.05. The number of rotatable bonds is 4. The smallest absolute Gasteiger partial charge is 0.281 e. The van der Waals surface area contributed by atoms with Crippen molar-refractivity contribution in [3.63, 3.8) is 0 Å². The number of aryl methyl sites for hydroxylation is 2. The van der Waals surface area contributed by atoms with Gasteiger partial charge in [0.05, 0.1) is 10.6 Å². The predicted molar refractivity (Wildman–Crippen MR) is 95.0 cm³/mol. The largest absolute Gasteiger partial charge is 0.508 e. The highest BCUT2D eigenvalue weighted by atomic mass is 32.1. The van der Waals surface area contributed by atoms with Crippen LogP contribution in [0.3, 0.4) is 0 Å². The van der Waals surface area contributed by atoms with E-state index in [1.165, 1.54) is 52.8 Å². The maximum Gasteiger partial charge on any atom is 0.281 e. The zero-order chi connectivity index (χ0) is 17.1. The first-order valence-electron chi connectivity index (χ1n) is 8.09. The molecule has 0 unspecified atom stereocenters. The lowest BCUT2D eigenvalue weighted by Crippen LogP contribution is -2.19. The van der Waals surface area contributed by atoms with Crippen molar-refractivity contribution in [1.29, 1.82) is 0 Å². The summed E-state index contributed by atoms with van der Waals surface area (Å²) in [6, 6.07) is 6.21. The van der Waals surface area contributed by atoms with Crippen LogP contribution in [-0.2, 0) is 12.8 Å². The van der Waals surface area contributed by atoms with Crippen molar-refractivity contribution >= 4 is 23.0 Å². The second-order valence-corrected chi connectivity index (χ2v) is 6.96. The summed E-state index contributed by atoms with van der Waals surface area (Å²) < 4.78 is 0. The first-order chi connectivity index (χ1) is 11.6. The number of carbonyl (C=O) groups is 1. The fourth-order valence-corrected chi connectivity index (χ4v) is 4.00. The Morgan fingerprint density at radius 2 is 2.04 bits per heavy atom. The molecular formula is C18H20N2O3S. The number of benzene rings is 1. The van der Waals surface area contributed by atoms with Crippen LogP contribution in [0.5, 0.6) is 11.5 Å². The van der Waals surface area contributed by atoms with Crippen LogP contribution >= 0.6 is 11.3 Å². The van der Waals surface area contributed by atoms with Gasteiger partial charge in [-0.05, 0) is 61.9 Å². The third-order valence-electron chi connectivity index (χ3n) is 4.14. The van der Waals surface area contributed by atoms with E-state index < -0.39 is 0 Å². The normalized spacial score (nSPS) is 14.3. The van der Waals surface area contributed by atoms with Gasteiger partial charge in [0.1, 0.15) is 11.5 Å². The average molecular weight is 344 g/mol. The number of nitrogens with zero attached hydrogens (tertiary/aromatic N) is 1. The lowest BCUT2D eigenvalue weighted by atomic mass is 9.99. The van der Waals surface area contributed by atoms with Gasteiger partial charge in [0.2, 0.25) is 0 Å².